The summed E-state index contributed by atoms with van der Waals surface area (Å²) < 4.78 is 0. The zero-order chi connectivity index (χ0) is 18.9. The van der Waals surface area contributed by atoms with Gasteiger partial charge in [-0.15, -0.1) is 0 Å². The molecule has 4 heteroatoms. The minimum atomic E-state index is -0.105. The maximum Gasteiger partial charge on any atom is 0.258 e. The molecular weight excluding hydrogens is 324 g/mol. The van der Waals surface area contributed by atoms with Crippen LogP contribution in [-0.4, -0.2) is 17.9 Å². The van der Waals surface area contributed by atoms with E-state index in [0.29, 0.717) is 5.56 Å². The Morgan fingerprint density at radius 2 is 1.54 bits per heavy atom. The fraction of sp³-hybridized carbons (Fsp3) is 0.364. The average Bonchev–Trinajstić information content (AvgIpc) is 3.40. The third-order valence-electron chi connectivity index (χ3n) is 4.59. The number of benzene rings is 2. The van der Waals surface area contributed by atoms with Crippen molar-refractivity contribution in [3.63, 3.8) is 0 Å². The van der Waals surface area contributed by atoms with Gasteiger partial charge in [0.05, 0.1) is 0 Å². The van der Waals surface area contributed by atoms with Crippen LogP contribution in [0.4, 0.5) is 11.4 Å². The zero-order valence-electron chi connectivity index (χ0n) is 15.9. The predicted octanol–water partition coefficient (Wildman–Crippen LogP) is 4.75. The SMILES string of the molecule is CC(=O)Nc1ccc(N(C(=O)c2ccc(C(C)(C)C)cc2)C2CC2)cc1. The first-order valence-corrected chi connectivity index (χ1v) is 9.07. The van der Waals surface area contributed by atoms with Crippen LogP contribution in [0.25, 0.3) is 0 Å². The number of hydrogen-bond acceptors (Lipinski definition) is 2. The van der Waals surface area contributed by atoms with Gasteiger partial charge in [0.1, 0.15) is 0 Å². The first-order valence-electron chi connectivity index (χ1n) is 9.07. The van der Waals surface area contributed by atoms with Crippen LogP contribution >= 0.6 is 0 Å². The van der Waals surface area contributed by atoms with E-state index >= 15 is 0 Å². The molecule has 1 saturated carbocycles. The van der Waals surface area contributed by atoms with Crippen molar-refractivity contribution in [2.24, 2.45) is 0 Å². The fourth-order valence-electron chi connectivity index (χ4n) is 2.99. The molecule has 3 rings (SSSR count). The van der Waals surface area contributed by atoms with Gasteiger partial charge >= 0.3 is 0 Å². The molecule has 1 aliphatic carbocycles. The molecule has 136 valence electrons. The van der Waals surface area contributed by atoms with Gasteiger partial charge in [0, 0.05) is 29.9 Å². The Labute approximate surface area is 155 Å². The van der Waals surface area contributed by atoms with Gasteiger partial charge in [-0.2, -0.15) is 0 Å². The van der Waals surface area contributed by atoms with Gasteiger partial charge in [-0.05, 0) is 60.2 Å². The number of amides is 2. The van der Waals surface area contributed by atoms with Crippen LogP contribution in [0, 0.1) is 0 Å². The van der Waals surface area contributed by atoms with Gasteiger partial charge in [0.2, 0.25) is 5.91 Å². The molecule has 0 aliphatic heterocycles. The lowest BCUT2D eigenvalue weighted by Gasteiger charge is -2.24. The lowest BCUT2D eigenvalue weighted by Crippen LogP contribution is -2.33. The second kappa shape index (κ2) is 6.94. The molecule has 0 saturated heterocycles. The van der Waals surface area contributed by atoms with Crippen molar-refractivity contribution in [2.75, 3.05) is 10.2 Å². The topological polar surface area (TPSA) is 49.4 Å². The highest BCUT2D eigenvalue weighted by Crippen LogP contribution is 2.34. The Bertz CT molecular complexity index is 798. The summed E-state index contributed by atoms with van der Waals surface area (Å²) in [6.45, 7) is 7.97. The summed E-state index contributed by atoms with van der Waals surface area (Å²) in [4.78, 5) is 26.2. The third kappa shape index (κ3) is 4.13. The molecule has 0 spiro atoms. The molecule has 1 N–H and O–H groups in total. The standard InChI is InChI=1S/C22H26N2O2/c1-15(25)23-18-9-11-19(12-10-18)24(20-13-14-20)21(26)16-5-7-17(8-6-16)22(2,3)4/h5-12,20H,13-14H2,1-4H3,(H,23,25). The van der Waals surface area contributed by atoms with Crippen molar-refractivity contribution in [3.8, 4) is 0 Å². The molecular formula is C22H26N2O2. The van der Waals surface area contributed by atoms with E-state index < -0.39 is 0 Å². The fourth-order valence-corrected chi connectivity index (χ4v) is 2.99. The summed E-state index contributed by atoms with van der Waals surface area (Å²) in [6.07, 6.45) is 2.05. The molecule has 0 atom stereocenters. The van der Waals surface area contributed by atoms with Gasteiger partial charge in [0.15, 0.2) is 0 Å². The molecule has 0 heterocycles. The molecule has 4 nitrogen and oxygen atoms in total. The summed E-state index contributed by atoms with van der Waals surface area (Å²) in [5, 5.41) is 2.75. The van der Waals surface area contributed by atoms with Crippen LogP contribution in [0.5, 0.6) is 0 Å². The Kier molecular flexibility index (Phi) is 4.86. The molecule has 0 unspecified atom stereocenters. The number of rotatable bonds is 4. The molecule has 26 heavy (non-hydrogen) atoms. The van der Waals surface area contributed by atoms with E-state index in [-0.39, 0.29) is 23.3 Å². The van der Waals surface area contributed by atoms with E-state index in [0.717, 1.165) is 24.2 Å². The van der Waals surface area contributed by atoms with Crippen molar-refractivity contribution in [1.29, 1.82) is 0 Å². The van der Waals surface area contributed by atoms with Crippen LogP contribution in [0.1, 0.15) is 56.5 Å². The van der Waals surface area contributed by atoms with Crippen molar-refractivity contribution < 1.29 is 9.59 Å². The summed E-state index contributed by atoms with van der Waals surface area (Å²) in [5.74, 6) is -0.0768. The van der Waals surface area contributed by atoms with Crippen LogP contribution < -0.4 is 10.2 Å². The van der Waals surface area contributed by atoms with E-state index in [1.807, 2.05) is 53.4 Å². The summed E-state index contributed by atoms with van der Waals surface area (Å²) in [5.41, 5.74) is 3.59. The van der Waals surface area contributed by atoms with Crippen molar-refractivity contribution >= 4 is 23.2 Å². The Balaban J connectivity index is 1.84. The van der Waals surface area contributed by atoms with E-state index in [4.69, 9.17) is 0 Å². The zero-order valence-corrected chi connectivity index (χ0v) is 15.9. The minimum Gasteiger partial charge on any atom is -0.326 e. The molecule has 1 aliphatic rings. The molecule has 2 amide bonds. The normalized spacial score (nSPS) is 14.0. The second-order valence-corrected chi connectivity index (χ2v) is 7.96. The maximum absolute atomic E-state index is 13.1. The Morgan fingerprint density at radius 1 is 0.962 bits per heavy atom. The molecule has 2 aromatic rings. The van der Waals surface area contributed by atoms with Gasteiger partial charge in [-0.25, -0.2) is 0 Å². The third-order valence-corrected chi connectivity index (χ3v) is 4.59. The number of carbonyl (C=O) groups is 2. The molecule has 2 aromatic carbocycles. The summed E-state index contributed by atoms with van der Waals surface area (Å²) in [6, 6.07) is 15.6. The molecule has 0 aromatic heterocycles. The van der Waals surface area contributed by atoms with Crippen LogP contribution in [0.3, 0.4) is 0 Å². The lowest BCUT2D eigenvalue weighted by atomic mass is 9.86. The van der Waals surface area contributed by atoms with Crippen molar-refractivity contribution in [3.05, 3.63) is 59.7 Å². The average molecular weight is 350 g/mol. The van der Waals surface area contributed by atoms with Crippen molar-refractivity contribution in [1.82, 2.24) is 0 Å². The van der Waals surface area contributed by atoms with E-state index in [1.54, 1.807) is 0 Å². The number of anilines is 2. The highest BCUT2D eigenvalue weighted by molar-refractivity contribution is 6.07. The summed E-state index contributed by atoms with van der Waals surface area (Å²) >= 11 is 0. The predicted molar refractivity (Wildman–Crippen MR) is 106 cm³/mol. The van der Waals surface area contributed by atoms with Gasteiger partial charge in [-0.3, -0.25) is 9.59 Å². The summed E-state index contributed by atoms with van der Waals surface area (Å²) in [7, 11) is 0. The van der Waals surface area contributed by atoms with Gasteiger partial charge in [-0.1, -0.05) is 32.9 Å². The number of hydrogen-bond donors (Lipinski definition) is 1. The van der Waals surface area contributed by atoms with E-state index in [1.165, 1.54) is 12.5 Å². The van der Waals surface area contributed by atoms with Gasteiger partial charge in [0.25, 0.3) is 5.91 Å². The first-order chi connectivity index (χ1) is 12.3. The second-order valence-electron chi connectivity index (χ2n) is 7.96. The number of nitrogens with zero attached hydrogens (tertiary/aromatic N) is 1. The number of carbonyl (C=O) groups excluding carboxylic acids is 2. The van der Waals surface area contributed by atoms with E-state index in [9.17, 15) is 9.59 Å². The van der Waals surface area contributed by atoms with Crippen LogP contribution in [0.15, 0.2) is 48.5 Å². The van der Waals surface area contributed by atoms with Crippen LogP contribution in [-0.2, 0) is 10.2 Å². The Hall–Kier alpha value is -2.62. The van der Waals surface area contributed by atoms with Crippen molar-refractivity contribution in [2.45, 2.75) is 52.0 Å². The molecule has 1 fully saturated rings. The highest BCUT2D eigenvalue weighted by atomic mass is 16.2. The smallest absolute Gasteiger partial charge is 0.258 e. The van der Waals surface area contributed by atoms with E-state index in [2.05, 4.69) is 26.1 Å². The highest BCUT2D eigenvalue weighted by Gasteiger charge is 2.34. The monoisotopic (exact) mass is 350 g/mol. The molecule has 0 radical (unpaired) electrons. The van der Waals surface area contributed by atoms with Crippen LogP contribution in [0.2, 0.25) is 0 Å². The Morgan fingerprint density at radius 3 is 2.00 bits per heavy atom. The first kappa shape index (κ1) is 18.2. The largest absolute Gasteiger partial charge is 0.326 e. The number of nitrogens with one attached hydrogen (secondary N) is 1. The lowest BCUT2D eigenvalue weighted by molar-refractivity contribution is -0.114. The van der Waals surface area contributed by atoms with Gasteiger partial charge < -0.3 is 10.2 Å². The molecule has 0 bridgehead atoms. The quantitative estimate of drug-likeness (QED) is 0.865. The maximum atomic E-state index is 13.1. The minimum absolute atomic E-state index is 0.0280.